The molecule has 0 fully saturated rings. The fourth-order valence-electron chi connectivity index (χ4n) is 2.12. The summed E-state index contributed by atoms with van der Waals surface area (Å²) in [4.78, 5) is 27.2. The Balaban J connectivity index is 2.11. The number of methoxy groups -OCH3 is 1. The molecule has 6 heteroatoms. The summed E-state index contributed by atoms with van der Waals surface area (Å²) < 4.78 is 5.19. The Labute approximate surface area is 122 Å². The molecule has 0 radical (unpaired) electrons. The molecule has 112 valence electrons. The van der Waals surface area contributed by atoms with Crippen molar-refractivity contribution < 1.29 is 19.4 Å². The maximum Gasteiger partial charge on any atom is 0.305 e. The first-order chi connectivity index (χ1) is 10.0. The van der Waals surface area contributed by atoms with Gasteiger partial charge in [0.05, 0.1) is 20.0 Å². The average molecular weight is 290 g/mol. The first-order valence-electron chi connectivity index (χ1n) is 6.61. The maximum atomic E-state index is 12.1. The molecule has 2 aromatic rings. The molecular weight excluding hydrogens is 272 g/mol. The fourth-order valence-corrected chi connectivity index (χ4v) is 2.12. The van der Waals surface area contributed by atoms with Crippen LogP contribution in [0, 0.1) is 0 Å². The minimum Gasteiger partial charge on any atom is -0.497 e. The number of rotatable bonds is 6. The molecular formula is C15H18N2O4. The number of amides is 1. The number of carboxylic acids is 1. The Bertz CT molecular complexity index is 663. The van der Waals surface area contributed by atoms with E-state index in [2.05, 4.69) is 4.98 Å². The minimum atomic E-state index is -0.911. The summed E-state index contributed by atoms with van der Waals surface area (Å²) in [6, 6.07) is 5.63. The molecule has 0 saturated carbocycles. The molecule has 1 aromatic heterocycles. The third-order valence-corrected chi connectivity index (χ3v) is 3.40. The van der Waals surface area contributed by atoms with Gasteiger partial charge in [-0.2, -0.15) is 0 Å². The number of aromatic nitrogens is 1. The number of fused-ring (bicyclic) bond motifs is 1. The van der Waals surface area contributed by atoms with Gasteiger partial charge in [0.1, 0.15) is 5.75 Å². The van der Waals surface area contributed by atoms with Crippen LogP contribution < -0.4 is 4.74 Å². The van der Waals surface area contributed by atoms with Gasteiger partial charge < -0.3 is 19.7 Å². The lowest BCUT2D eigenvalue weighted by atomic mass is 10.1. The van der Waals surface area contributed by atoms with Crippen molar-refractivity contribution in [3.8, 4) is 5.75 Å². The van der Waals surface area contributed by atoms with Gasteiger partial charge >= 0.3 is 5.97 Å². The number of H-pyrrole nitrogens is 1. The van der Waals surface area contributed by atoms with Crippen LogP contribution in [0.25, 0.3) is 10.9 Å². The van der Waals surface area contributed by atoms with E-state index in [0.717, 1.165) is 22.2 Å². The van der Waals surface area contributed by atoms with E-state index in [9.17, 15) is 9.59 Å². The lowest BCUT2D eigenvalue weighted by Crippen LogP contribution is -2.30. The van der Waals surface area contributed by atoms with Gasteiger partial charge in [-0.1, -0.05) is 0 Å². The lowest BCUT2D eigenvalue weighted by molar-refractivity contribution is -0.138. The average Bonchev–Trinajstić information content (AvgIpc) is 2.86. The van der Waals surface area contributed by atoms with E-state index in [1.54, 1.807) is 20.4 Å². The van der Waals surface area contributed by atoms with Gasteiger partial charge in [0.2, 0.25) is 5.91 Å². The van der Waals surface area contributed by atoms with Crippen molar-refractivity contribution in [3.05, 3.63) is 30.0 Å². The normalized spacial score (nSPS) is 10.6. The molecule has 0 aliphatic carbocycles. The number of carboxylic acid groups (broad SMARTS) is 1. The number of hydrogen-bond donors (Lipinski definition) is 2. The molecule has 2 rings (SSSR count). The highest BCUT2D eigenvalue weighted by Gasteiger charge is 2.14. The van der Waals surface area contributed by atoms with E-state index in [-0.39, 0.29) is 25.3 Å². The van der Waals surface area contributed by atoms with E-state index in [0.29, 0.717) is 0 Å². The van der Waals surface area contributed by atoms with Crippen LogP contribution in [0.3, 0.4) is 0 Å². The summed E-state index contributed by atoms with van der Waals surface area (Å²) in [5.74, 6) is -0.290. The number of benzene rings is 1. The number of nitrogens with zero attached hydrogens (tertiary/aromatic N) is 1. The summed E-state index contributed by atoms with van der Waals surface area (Å²) >= 11 is 0. The number of nitrogens with one attached hydrogen (secondary N) is 1. The zero-order chi connectivity index (χ0) is 15.4. The third-order valence-electron chi connectivity index (χ3n) is 3.40. The van der Waals surface area contributed by atoms with Gasteiger partial charge in [0.15, 0.2) is 0 Å². The van der Waals surface area contributed by atoms with Crippen LogP contribution in [-0.2, 0) is 16.0 Å². The zero-order valence-electron chi connectivity index (χ0n) is 12.0. The number of hydrogen-bond acceptors (Lipinski definition) is 3. The molecule has 0 bridgehead atoms. The second-order valence-electron chi connectivity index (χ2n) is 4.86. The quantitative estimate of drug-likeness (QED) is 0.847. The SMILES string of the molecule is COc1ccc2[nH]cc(CC(=O)N(C)CCC(=O)O)c2c1. The standard InChI is InChI=1S/C15H18N2O4/c1-17(6-5-15(19)20)14(18)7-10-9-16-13-4-3-11(21-2)8-12(10)13/h3-4,8-9,16H,5-7H2,1-2H3,(H,19,20). The van der Waals surface area contributed by atoms with Crippen LogP contribution in [0.5, 0.6) is 5.75 Å². The smallest absolute Gasteiger partial charge is 0.305 e. The first-order valence-corrected chi connectivity index (χ1v) is 6.61. The van der Waals surface area contributed by atoms with Crippen LogP contribution >= 0.6 is 0 Å². The third kappa shape index (κ3) is 3.53. The van der Waals surface area contributed by atoms with Crippen LogP contribution in [-0.4, -0.2) is 47.6 Å². The lowest BCUT2D eigenvalue weighted by Gasteiger charge is -2.15. The minimum absolute atomic E-state index is 0.0516. The molecule has 21 heavy (non-hydrogen) atoms. The van der Waals surface area contributed by atoms with E-state index < -0.39 is 5.97 Å². The molecule has 0 unspecified atom stereocenters. The number of likely N-dealkylation sites (N-methyl/N-ethyl adjacent to an activating group) is 1. The van der Waals surface area contributed by atoms with Gasteiger partial charge in [-0.15, -0.1) is 0 Å². The first kappa shape index (κ1) is 14.9. The predicted molar refractivity (Wildman–Crippen MR) is 78.4 cm³/mol. The van der Waals surface area contributed by atoms with E-state index in [1.165, 1.54) is 4.90 Å². The Morgan fingerprint density at radius 1 is 1.38 bits per heavy atom. The highest BCUT2D eigenvalue weighted by molar-refractivity contribution is 5.89. The van der Waals surface area contributed by atoms with Crippen molar-refractivity contribution in [3.63, 3.8) is 0 Å². The zero-order valence-corrected chi connectivity index (χ0v) is 12.0. The Hall–Kier alpha value is -2.50. The van der Waals surface area contributed by atoms with Crippen molar-refractivity contribution in [2.75, 3.05) is 20.7 Å². The van der Waals surface area contributed by atoms with Gasteiger partial charge in [-0.25, -0.2) is 0 Å². The summed E-state index contributed by atoms with van der Waals surface area (Å²) in [5, 5.41) is 9.58. The number of aromatic amines is 1. The maximum absolute atomic E-state index is 12.1. The molecule has 6 nitrogen and oxygen atoms in total. The predicted octanol–water partition coefficient (Wildman–Crippen LogP) is 1.65. The summed E-state index contributed by atoms with van der Waals surface area (Å²) in [6.45, 7) is 0.208. The number of ether oxygens (including phenoxy) is 1. The van der Waals surface area contributed by atoms with Crippen LogP contribution in [0.15, 0.2) is 24.4 Å². The highest BCUT2D eigenvalue weighted by Crippen LogP contribution is 2.24. The monoisotopic (exact) mass is 290 g/mol. The Kier molecular flexibility index (Phi) is 4.47. The van der Waals surface area contributed by atoms with Crippen molar-refractivity contribution in [2.24, 2.45) is 0 Å². The molecule has 0 atom stereocenters. The molecule has 2 N–H and O–H groups in total. The largest absolute Gasteiger partial charge is 0.497 e. The second-order valence-corrected chi connectivity index (χ2v) is 4.86. The molecule has 0 aliphatic heterocycles. The van der Waals surface area contributed by atoms with Crippen LogP contribution in [0.4, 0.5) is 0 Å². The van der Waals surface area contributed by atoms with Gasteiger partial charge in [0.25, 0.3) is 0 Å². The van der Waals surface area contributed by atoms with Crippen LogP contribution in [0.2, 0.25) is 0 Å². The number of carbonyl (C=O) groups is 2. The van der Waals surface area contributed by atoms with Crippen molar-refractivity contribution in [1.82, 2.24) is 9.88 Å². The summed E-state index contributed by atoms with van der Waals surface area (Å²) in [7, 11) is 3.21. The van der Waals surface area contributed by atoms with Gasteiger partial charge in [0, 0.05) is 30.7 Å². The molecule has 0 saturated heterocycles. The Morgan fingerprint density at radius 3 is 2.81 bits per heavy atom. The highest BCUT2D eigenvalue weighted by atomic mass is 16.5. The van der Waals surface area contributed by atoms with Crippen LogP contribution in [0.1, 0.15) is 12.0 Å². The van der Waals surface area contributed by atoms with E-state index in [4.69, 9.17) is 9.84 Å². The van der Waals surface area contributed by atoms with Gasteiger partial charge in [-0.05, 0) is 23.8 Å². The summed E-state index contributed by atoms with van der Waals surface area (Å²) in [5.41, 5.74) is 1.81. The van der Waals surface area contributed by atoms with Crippen molar-refractivity contribution in [1.29, 1.82) is 0 Å². The van der Waals surface area contributed by atoms with E-state index in [1.807, 2.05) is 18.2 Å². The summed E-state index contributed by atoms with van der Waals surface area (Å²) in [6.07, 6.45) is 1.97. The molecule has 1 amide bonds. The molecule has 1 heterocycles. The van der Waals surface area contributed by atoms with E-state index >= 15 is 0 Å². The molecule has 1 aromatic carbocycles. The van der Waals surface area contributed by atoms with Crippen molar-refractivity contribution >= 4 is 22.8 Å². The molecule has 0 aliphatic rings. The van der Waals surface area contributed by atoms with Gasteiger partial charge in [-0.3, -0.25) is 9.59 Å². The fraction of sp³-hybridized carbons (Fsp3) is 0.333. The topological polar surface area (TPSA) is 82.6 Å². The number of aliphatic carboxylic acids is 1. The molecule has 0 spiro atoms. The van der Waals surface area contributed by atoms with Crippen molar-refractivity contribution in [2.45, 2.75) is 12.8 Å². The number of carbonyl (C=O) groups excluding carboxylic acids is 1. The second kappa shape index (κ2) is 6.30. The Morgan fingerprint density at radius 2 is 2.14 bits per heavy atom.